The van der Waals surface area contributed by atoms with Crippen molar-refractivity contribution in [2.75, 3.05) is 0 Å². The summed E-state index contributed by atoms with van der Waals surface area (Å²) in [6.07, 6.45) is 6.69. The van der Waals surface area contributed by atoms with Crippen molar-refractivity contribution in [3.05, 3.63) is 24.3 Å². The van der Waals surface area contributed by atoms with E-state index in [1.54, 1.807) is 39.0 Å². The Balaban J connectivity index is 2.72. The maximum absolute atomic E-state index is 11.0. The SMILES string of the molecule is CC(C)(C)OOC1(C(=O)[O-])C=CC=CC1. The van der Waals surface area contributed by atoms with Crippen molar-refractivity contribution in [1.82, 2.24) is 0 Å². The van der Waals surface area contributed by atoms with Gasteiger partial charge in [0.25, 0.3) is 0 Å². The van der Waals surface area contributed by atoms with E-state index in [4.69, 9.17) is 9.78 Å². The summed E-state index contributed by atoms with van der Waals surface area (Å²) in [5.74, 6) is -1.30. The van der Waals surface area contributed by atoms with Crippen LogP contribution in [0.4, 0.5) is 0 Å². The predicted octanol–water partition coefficient (Wildman–Crippen LogP) is 0.738. The molecule has 0 saturated heterocycles. The van der Waals surface area contributed by atoms with Gasteiger partial charge in [-0.2, -0.15) is 0 Å². The summed E-state index contributed by atoms with van der Waals surface area (Å²) < 4.78 is 0. The Bertz CT molecular complexity index is 298. The first-order chi connectivity index (χ1) is 6.86. The first-order valence-electron chi connectivity index (χ1n) is 4.78. The molecule has 1 aliphatic carbocycles. The monoisotopic (exact) mass is 211 g/mol. The number of carbonyl (C=O) groups is 1. The van der Waals surface area contributed by atoms with Gasteiger partial charge in [-0.25, -0.2) is 9.78 Å². The molecule has 1 aliphatic rings. The fourth-order valence-corrected chi connectivity index (χ4v) is 1.05. The zero-order chi connectivity index (χ0) is 11.5. The lowest BCUT2D eigenvalue weighted by atomic mass is 9.96. The lowest BCUT2D eigenvalue weighted by molar-refractivity contribution is -0.410. The van der Waals surface area contributed by atoms with Crippen LogP contribution in [0.15, 0.2) is 24.3 Å². The molecule has 0 N–H and O–H groups in total. The van der Waals surface area contributed by atoms with Gasteiger partial charge >= 0.3 is 0 Å². The predicted molar refractivity (Wildman–Crippen MR) is 52.6 cm³/mol. The van der Waals surface area contributed by atoms with Crippen molar-refractivity contribution in [2.45, 2.75) is 38.4 Å². The molecule has 0 aromatic carbocycles. The number of carbonyl (C=O) groups excluding carboxylic acids is 1. The van der Waals surface area contributed by atoms with Gasteiger partial charge in [0.1, 0.15) is 0 Å². The smallest absolute Gasteiger partial charge is 0.164 e. The quantitative estimate of drug-likeness (QED) is 0.510. The minimum atomic E-state index is -1.50. The van der Waals surface area contributed by atoms with Gasteiger partial charge < -0.3 is 9.90 Å². The maximum Gasteiger partial charge on any atom is 0.164 e. The molecule has 0 bridgehead atoms. The first kappa shape index (κ1) is 11.9. The molecule has 0 amide bonds. The third-order valence-electron chi connectivity index (χ3n) is 1.82. The van der Waals surface area contributed by atoms with E-state index in [9.17, 15) is 9.90 Å². The van der Waals surface area contributed by atoms with Crippen molar-refractivity contribution < 1.29 is 19.7 Å². The summed E-state index contributed by atoms with van der Waals surface area (Å²) in [6, 6.07) is 0. The van der Waals surface area contributed by atoms with Gasteiger partial charge in [0.05, 0.1) is 11.6 Å². The molecule has 0 spiro atoms. The molecule has 4 nitrogen and oxygen atoms in total. The molecule has 15 heavy (non-hydrogen) atoms. The summed E-state index contributed by atoms with van der Waals surface area (Å²) in [4.78, 5) is 21.0. The molecule has 0 fully saturated rings. The molecular formula is C11H15O4-. The zero-order valence-electron chi connectivity index (χ0n) is 9.15. The van der Waals surface area contributed by atoms with Crippen LogP contribution >= 0.6 is 0 Å². The van der Waals surface area contributed by atoms with Crippen LogP contribution in [-0.4, -0.2) is 17.2 Å². The Kier molecular flexibility index (Phi) is 3.31. The van der Waals surface area contributed by atoms with Crippen LogP contribution in [0.25, 0.3) is 0 Å². The Hall–Kier alpha value is -1.13. The highest BCUT2D eigenvalue weighted by atomic mass is 17.2. The van der Waals surface area contributed by atoms with E-state index in [0.29, 0.717) is 0 Å². The molecule has 0 aromatic heterocycles. The molecule has 1 atom stereocenters. The minimum absolute atomic E-state index is 0.210. The number of allylic oxidation sites excluding steroid dienone is 2. The number of carboxylic acids is 1. The van der Waals surface area contributed by atoms with Crippen LogP contribution in [0.3, 0.4) is 0 Å². The van der Waals surface area contributed by atoms with Gasteiger partial charge in [-0.3, -0.25) is 0 Å². The average Bonchev–Trinajstić information content (AvgIpc) is 2.15. The van der Waals surface area contributed by atoms with Gasteiger partial charge in [-0.05, 0) is 26.8 Å². The number of aliphatic carboxylic acids is 1. The Labute approximate surface area is 89.1 Å². The van der Waals surface area contributed by atoms with Gasteiger partial charge in [0.15, 0.2) is 5.60 Å². The summed E-state index contributed by atoms with van der Waals surface area (Å²) in [5.41, 5.74) is -2.06. The molecule has 4 heteroatoms. The summed E-state index contributed by atoms with van der Waals surface area (Å²) in [6.45, 7) is 5.33. The highest BCUT2D eigenvalue weighted by Gasteiger charge is 2.33. The topological polar surface area (TPSA) is 58.6 Å². The average molecular weight is 211 g/mol. The van der Waals surface area contributed by atoms with Crippen LogP contribution in [0.1, 0.15) is 27.2 Å². The molecule has 0 aliphatic heterocycles. The van der Waals surface area contributed by atoms with E-state index >= 15 is 0 Å². The Morgan fingerprint density at radius 1 is 1.40 bits per heavy atom. The Morgan fingerprint density at radius 2 is 2.07 bits per heavy atom. The number of rotatable bonds is 3. The molecule has 0 heterocycles. The standard InChI is InChI=1S/C11H16O4/c1-10(2,3)14-15-11(9(12)13)7-5-4-6-8-11/h4-7H,8H2,1-3H3,(H,12,13)/p-1. The fraction of sp³-hybridized carbons (Fsp3) is 0.545. The maximum atomic E-state index is 11.0. The summed E-state index contributed by atoms with van der Waals surface area (Å²) in [7, 11) is 0. The normalized spacial score (nSPS) is 25.5. The lowest BCUT2D eigenvalue weighted by Crippen LogP contribution is -2.50. The molecular weight excluding hydrogens is 196 g/mol. The number of hydrogen-bond donors (Lipinski definition) is 0. The second-order valence-corrected chi connectivity index (χ2v) is 4.45. The number of carboxylic acid groups (broad SMARTS) is 1. The van der Waals surface area contributed by atoms with E-state index in [-0.39, 0.29) is 6.42 Å². The number of hydrogen-bond acceptors (Lipinski definition) is 4. The van der Waals surface area contributed by atoms with Crippen LogP contribution < -0.4 is 5.11 Å². The van der Waals surface area contributed by atoms with Crippen LogP contribution in [0.5, 0.6) is 0 Å². The van der Waals surface area contributed by atoms with E-state index in [1.165, 1.54) is 6.08 Å². The van der Waals surface area contributed by atoms with Crippen molar-refractivity contribution in [3.8, 4) is 0 Å². The van der Waals surface area contributed by atoms with Gasteiger partial charge in [-0.15, -0.1) is 0 Å². The second-order valence-electron chi connectivity index (χ2n) is 4.45. The molecule has 1 unspecified atom stereocenters. The van der Waals surface area contributed by atoms with Crippen molar-refractivity contribution in [2.24, 2.45) is 0 Å². The first-order valence-corrected chi connectivity index (χ1v) is 4.78. The van der Waals surface area contributed by atoms with Crippen LogP contribution in [0, 0.1) is 0 Å². The molecule has 0 aromatic rings. The van der Waals surface area contributed by atoms with Gasteiger partial charge in [0.2, 0.25) is 0 Å². The largest absolute Gasteiger partial charge is 0.546 e. The minimum Gasteiger partial charge on any atom is -0.546 e. The molecule has 84 valence electrons. The third-order valence-corrected chi connectivity index (χ3v) is 1.82. The van der Waals surface area contributed by atoms with Crippen molar-refractivity contribution in [1.29, 1.82) is 0 Å². The second kappa shape index (κ2) is 4.16. The van der Waals surface area contributed by atoms with E-state index < -0.39 is 17.2 Å². The fourth-order valence-electron chi connectivity index (χ4n) is 1.05. The molecule has 0 radical (unpaired) electrons. The van der Waals surface area contributed by atoms with Crippen LogP contribution in [-0.2, 0) is 14.6 Å². The van der Waals surface area contributed by atoms with Crippen molar-refractivity contribution in [3.63, 3.8) is 0 Å². The van der Waals surface area contributed by atoms with E-state index in [2.05, 4.69) is 0 Å². The highest BCUT2D eigenvalue weighted by molar-refractivity contribution is 5.78. The van der Waals surface area contributed by atoms with E-state index in [0.717, 1.165) is 0 Å². The lowest BCUT2D eigenvalue weighted by Gasteiger charge is -2.33. The van der Waals surface area contributed by atoms with Gasteiger partial charge in [-0.1, -0.05) is 18.2 Å². The molecule has 1 rings (SSSR count). The van der Waals surface area contributed by atoms with Crippen LogP contribution in [0.2, 0.25) is 0 Å². The third kappa shape index (κ3) is 3.18. The summed E-state index contributed by atoms with van der Waals surface area (Å²) >= 11 is 0. The van der Waals surface area contributed by atoms with Gasteiger partial charge in [0, 0.05) is 6.42 Å². The summed E-state index contributed by atoms with van der Waals surface area (Å²) in [5, 5.41) is 11.0. The van der Waals surface area contributed by atoms with E-state index in [1.807, 2.05) is 0 Å². The zero-order valence-corrected chi connectivity index (χ0v) is 9.15. The highest BCUT2D eigenvalue weighted by Crippen LogP contribution is 2.24. The Morgan fingerprint density at radius 3 is 2.47 bits per heavy atom. The van der Waals surface area contributed by atoms with Crippen molar-refractivity contribution >= 4 is 5.97 Å². The molecule has 0 saturated carbocycles.